The van der Waals surface area contributed by atoms with Crippen LogP contribution < -0.4 is 0 Å². The SMILES string of the molecule is CO[C@H]1[C@@H]([C@H](C)N=[N+]=[N-])OC2OC(C)(C)O[C@@H]21. The summed E-state index contributed by atoms with van der Waals surface area (Å²) in [6, 6.07) is -0.328. The van der Waals surface area contributed by atoms with E-state index in [1.807, 2.05) is 13.8 Å². The van der Waals surface area contributed by atoms with E-state index in [-0.39, 0.29) is 24.4 Å². The fourth-order valence-corrected chi connectivity index (χ4v) is 2.31. The Kier molecular flexibility index (Phi) is 3.29. The fraction of sp³-hybridized carbons (Fsp3) is 1.00. The zero-order valence-corrected chi connectivity index (χ0v) is 10.4. The highest BCUT2D eigenvalue weighted by Gasteiger charge is 2.56. The zero-order chi connectivity index (χ0) is 12.6. The minimum Gasteiger partial charge on any atom is -0.376 e. The van der Waals surface area contributed by atoms with Gasteiger partial charge >= 0.3 is 0 Å². The molecule has 0 amide bonds. The molecular formula is C10H17N3O4. The number of fused-ring (bicyclic) bond motifs is 1. The van der Waals surface area contributed by atoms with Crippen molar-refractivity contribution in [1.82, 2.24) is 0 Å². The van der Waals surface area contributed by atoms with Gasteiger partial charge in [-0.25, -0.2) is 0 Å². The smallest absolute Gasteiger partial charge is 0.190 e. The van der Waals surface area contributed by atoms with Gasteiger partial charge in [0.2, 0.25) is 0 Å². The van der Waals surface area contributed by atoms with E-state index in [9.17, 15) is 0 Å². The van der Waals surface area contributed by atoms with E-state index in [4.69, 9.17) is 24.5 Å². The fourth-order valence-electron chi connectivity index (χ4n) is 2.31. The Bertz CT molecular complexity index is 342. The normalized spacial score (nSPS) is 40.7. The molecule has 0 aromatic heterocycles. The third kappa shape index (κ3) is 2.25. The topological polar surface area (TPSA) is 85.7 Å². The van der Waals surface area contributed by atoms with Crippen LogP contribution in [0.4, 0.5) is 0 Å². The first kappa shape index (κ1) is 12.6. The molecule has 2 fully saturated rings. The van der Waals surface area contributed by atoms with Crippen LogP contribution in [-0.2, 0) is 18.9 Å². The molecule has 0 aromatic carbocycles. The number of hydrogen-bond donors (Lipinski definition) is 0. The van der Waals surface area contributed by atoms with Gasteiger partial charge < -0.3 is 18.9 Å². The highest BCUT2D eigenvalue weighted by molar-refractivity contribution is 4.97. The Hall–Kier alpha value is -0.850. The van der Waals surface area contributed by atoms with E-state index in [1.54, 1.807) is 14.0 Å². The van der Waals surface area contributed by atoms with Gasteiger partial charge in [-0.05, 0) is 19.4 Å². The van der Waals surface area contributed by atoms with Gasteiger partial charge in [0.1, 0.15) is 12.2 Å². The van der Waals surface area contributed by atoms with E-state index < -0.39 is 12.1 Å². The molecule has 0 N–H and O–H groups in total. The highest BCUT2D eigenvalue weighted by atomic mass is 16.8. The average Bonchev–Trinajstić information content (AvgIpc) is 2.69. The first-order valence-corrected chi connectivity index (χ1v) is 5.56. The molecular weight excluding hydrogens is 226 g/mol. The average molecular weight is 243 g/mol. The predicted molar refractivity (Wildman–Crippen MR) is 58.1 cm³/mol. The van der Waals surface area contributed by atoms with Crippen molar-refractivity contribution in [3.8, 4) is 0 Å². The van der Waals surface area contributed by atoms with Crippen molar-refractivity contribution in [3.63, 3.8) is 0 Å². The summed E-state index contributed by atoms with van der Waals surface area (Å²) >= 11 is 0. The van der Waals surface area contributed by atoms with Gasteiger partial charge in [0.15, 0.2) is 12.1 Å². The van der Waals surface area contributed by atoms with E-state index in [0.29, 0.717) is 0 Å². The lowest BCUT2D eigenvalue weighted by atomic mass is 10.1. The zero-order valence-electron chi connectivity index (χ0n) is 10.4. The molecule has 2 aliphatic rings. The molecule has 0 aromatic rings. The first-order chi connectivity index (χ1) is 7.98. The molecule has 2 saturated heterocycles. The molecule has 5 atom stereocenters. The van der Waals surface area contributed by atoms with E-state index in [2.05, 4.69) is 10.0 Å². The number of hydrogen-bond acceptors (Lipinski definition) is 5. The van der Waals surface area contributed by atoms with Crippen molar-refractivity contribution >= 4 is 0 Å². The molecule has 0 saturated carbocycles. The van der Waals surface area contributed by atoms with Crippen molar-refractivity contribution in [2.45, 2.75) is 57.2 Å². The lowest BCUT2D eigenvalue weighted by Gasteiger charge is -2.26. The molecule has 7 heteroatoms. The second-order valence-corrected chi connectivity index (χ2v) is 4.72. The number of methoxy groups -OCH3 is 1. The van der Waals surface area contributed by atoms with Crippen LogP contribution in [0.1, 0.15) is 20.8 Å². The summed E-state index contributed by atoms with van der Waals surface area (Å²) in [5.74, 6) is -0.668. The van der Waals surface area contributed by atoms with E-state index >= 15 is 0 Å². The lowest BCUT2D eigenvalue weighted by molar-refractivity contribution is -0.218. The summed E-state index contributed by atoms with van der Waals surface area (Å²) < 4.78 is 22.4. The molecule has 0 bridgehead atoms. The molecule has 0 spiro atoms. The third-order valence-electron chi connectivity index (χ3n) is 3.01. The van der Waals surface area contributed by atoms with Crippen molar-refractivity contribution in [2.24, 2.45) is 5.11 Å². The molecule has 0 aliphatic carbocycles. The van der Waals surface area contributed by atoms with E-state index in [1.165, 1.54) is 0 Å². The summed E-state index contributed by atoms with van der Waals surface area (Å²) in [5, 5.41) is 3.63. The van der Waals surface area contributed by atoms with Gasteiger partial charge in [-0.3, -0.25) is 0 Å². The Balaban J connectivity index is 2.13. The maximum absolute atomic E-state index is 8.44. The van der Waals surface area contributed by atoms with Crippen LogP contribution in [-0.4, -0.2) is 43.5 Å². The third-order valence-corrected chi connectivity index (χ3v) is 3.01. The summed E-state index contributed by atoms with van der Waals surface area (Å²) in [4.78, 5) is 2.78. The van der Waals surface area contributed by atoms with Gasteiger partial charge in [-0.1, -0.05) is 12.0 Å². The molecule has 96 valence electrons. The van der Waals surface area contributed by atoms with Crippen LogP contribution in [0.25, 0.3) is 10.4 Å². The minimum absolute atomic E-state index is 0.281. The quantitative estimate of drug-likeness (QED) is 0.428. The van der Waals surface area contributed by atoms with Crippen LogP contribution in [0, 0.1) is 0 Å². The second kappa shape index (κ2) is 4.44. The van der Waals surface area contributed by atoms with Crippen LogP contribution in [0.2, 0.25) is 0 Å². The van der Waals surface area contributed by atoms with Crippen LogP contribution in [0.3, 0.4) is 0 Å². The maximum Gasteiger partial charge on any atom is 0.190 e. The number of rotatable bonds is 3. The first-order valence-electron chi connectivity index (χ1n) is 5.56. The second-order valence-electron chi connectivity index (χ2n) is 4.72. The van der Waals surface area contributed by atoms with Crippen molar-refractivity contribution in [1.29, 1.82) is 0 Å². The minimum atomic E-state index is -0.668. The molecule has 0 radical (unpaired) electrons. The number of nitrogens with zero attached hydrogens (tertiary/aromatic N) is 3. The van der Waals surface area contributed by atoms with Crippen molar-refractivity contribution in [2.75, 3.05) is 7.11 Å². The molecule has 1 unspecified atom stereocenters. The summed E-state index contributed by atoms with van der Waals surface area (Å²) in [7, 11) is 1.58. The summed E-state index contributed by atoms with van der Waals surface area (Å²) in [5.41, 5.74) is 8.44. The van der Waals surface area contributed by atoms with Gasteiger partial charge in [0.25, 0.3) is 0 Å². The molecule has 17 heavy (non-hydrogen) atoms. The van der Waals surface area contributed by atoms with Crippen LogP contribution >= 0.6 is 0 Å². The Morgan fingerprint density at radius 1 is 1.41 bits per heavy atom. The standard InChI is InChI=1S/C10H17N3O4/c1-5(12-13-11)6-7(14-4)8-9(15-6)17-10(2,3)16-8/h5-9H,1-4H3/t5-,6+,7-,8+,9?/m0/s1. The highest BCUT2D eigenvalue weighted by Crippen LogP contribution is 2.39. The van der Waals surface area contributed by atoms with Crippen molar-refractivity contribution < 1.29 is 18.9 Å². The summed E-state index contributed by atoms with van der Waals surface area (Å²) in [6.07, 6.45) is -1.38. The van der Waals surface area contributed by atoms with Crippen LogP contribution in [0.5, 0.6) is 0 Å². The monoisotopic (exact) mass is 243 g/mol. The number of azide groups is 1. The lowest BCUT2D eigenvalue weighted by Crippen LogP contribution is -2.40. The Labute approximate surface area is 99.6 Å². The molecule has 2 rings (SSSR count). The number of ether oxygens (including phenoxy) is 4. The largest absolute Gasteiger partial charge is 0.376 e. The van der Waals surface area contributed by atoms with E-state index in [0.717, 1.165) is 0 Å². The van der Waals surface area contributed by atoms with Gasteiger partial charge in [0.05, 0.1) is 12.1 Å². The predicted octanol–water partition coefficient (Wildman–Crippen LogP) is 1.58. The molecule has 2 aliphatic heterocycles. The molecule has 2 heterocycles. The van der Waals surface area contributed by atoms with Gasteiger partial charge in [0, 0.05) is 12.0 Å². The summed E-state index contributed by atoms with van der Waals surface area (Å²) in [6.45, 7) is 5.43. The Morgan fingerprint density at radius 3 is 2.71 bits per heavy atom. The van der Waals surface area contributed by atoms with Crippen LogP contribution in [0.15, 0.2) is 5.11 Å². The van der Waals surface area contributed by atoms with Crippen molar-refractivity contribution in [3.05, 3.63) is 10.4 Å². The van der Waals surface area contributed by atoms with Gasteiger partial charge in [-0.15, -0.1) is 0 Å². The van der Waals surface area contributed by atoms with Gasteiger partial charge in [-0.2, -0.15) is 0 Å². The molecule has 7 nitrogen and oxygen atoms in total. The maximum atomic E-state index is 8.44. The Morgan fingerprint density at radius 2 is 2.12 bits per heavy atom.